The molecule has 0 aliphatic carbocycles. The third kappa shape index (κ3) is 6.01. The van der Waals surface area contributed by atoms with E-state index in [0.29, 0.717) is 20.9 Å². The Labute approximate surface area is 140 Å². The molecule has 0 fully saturated rings. The number of rotatable bonds is 2. The van der Waals surface area contributed by atoms with Crippen LogP contribution in [0.25, 0.3) is 0 Å². The Morgan fingerprint density at radius 3 is 1.86 bits per heavy atom. The van der Waals surface area contributed by atoms with E-state index in [1.165, 1.54) is 30.3 Å². The Balaban J connectivity index is 0.000000211. The van der Waals surface area contributed by atoms with Crippen LogP contribution in [0, 0.1) is 23.0 Å². The SMILES string of the molecule is Fc1ccc(Cl)c(CBr)c1.N#CCc1cc(F)ccc1Cl. The van der Waals surface area contributed by atoms with Gasteiger partial charge in [0.25, 0.3) is 0 Å². The van der Waals surface area contributed by atoms with Crippen molar-refractivity contribution in [1.29, 1.82) is 5.26 Å². The predicted molar refractivity (Wildman–Crippen MR) is 84.8 cm³/mol. The summed E-state index contributed by atoms with van der Waals surface area (Å²) in [7, 11) is 0. The Hall–Kier alpha value is -1.15. The van der Waals surface area contributed by atoms with E-state index in [1.807, 2.05) is 6.07 Å². The van der Waals surface area contributed by atoms with Gasteiger partial charge in [-0.15, -0.1) is 0 Å². The van der Waals surface area contributed by atoms with Crippen LogP contribution in [0.5, 0.6) is 0 Å². The minimum Gasteiger partial charge on any atom is -0.207 e. The lowest BCUT2D eigenvalue weighted by atomic mass is 10.2. The number of benzene rings is 2. The molecule has 2 rings (SSSR count). The van der Waals surface area contributed by atoms with E-state index < -0.39 is 0 Å². The molecule has 0 spiro atoms. The highest BCUT2D eigenvalue weighted by molar-refractivity contribution is 9.08. The summed E-state index contributed by atoms with van der Waals surface area (Å²) in [5, 5.41) is 9.92. The van der Waals surface area contributed by atoms with Gasteiger partial charge in [-0.2, -0.15) is 5.26 Å². The molecule has 110 valence electrons. The molecule has 2 aromatic rings. The van der Waals surface area contributed by atoms with Gasteiger partial charge in [0.2, 0.25) is 0 Å². The van der Waals surface area contributed by atoms with Crippen LogP contribution in [0.1, 0.15) is 11.1 Å². The molecule has 0 saturated carbocycles. The zero-order chi connectivity index (χ0) is 15.8. The third-order valence-corrected chi connectivity index (χ3v) is 3.77. The van der Waals surface area contributed by atoms with E-state index in [1.54, 1.807) is 6.07 Å². The highest BCUT2D eigenvalue weighted by Gasteiger charge is 2.00. The summed E-state index contributed by atoms with van der Waals surface area (Å²) in [6, 6.07) is 10.2. The molecular weight excluding hydrogens is 383 g/mol. The van der Waals surface area contributed by atoms with Crippen molar-refractivity contribution >= 4 is 39.1 Å². The molecule has 0 aliphatic heterocycles. The number of halogens is 5. The molecule has 0 heterocycles. The Morgan fingerprint density at radius 2 is 1.43 bits per heavy atom. The second-order valence-corrected chi connectivity index (χ2v) is 5.32. The molecule has 1 nitrogen and oxygen atoms in total. The summed E-state index contributed by atoms with van der Waals surface area (Å²) in [6.45, 7) is 0. The highest BCUT2D eigenvalue weighted by Crippen LogP contribution is 2.19. The van der Waals surface area contributed by atoms with Crippen molar-refractivity contribution in [2.24, 2.45) is 0 Å². The number of nitrogens with zero attached hydrogens (tertiary/aromatic N) is 1. The average molecular weight is 393 g/mol. The van der Waals surface area contributed by atoms with E-state index in [9.17, 15) is 8.78 Å². The second-order valence-electron chi connectivity index (χ2n) is 3.94. The summed E-state index contributed by atoms with van der Waals surface area (Å²) >= 11 is 14.5. The van der Waals surface area contributed by atoms with Crippen LogP contribution < -0.4 is 0 Å². The minimum atomic E-state index is -0.361. The fourth-order valence-corrected chi connectivity index (χ4v) is 2.40. The molecule has 0 aromatic heterocycles. The normalized spacial score (nSPS) is 9.52. The zero-order valence-electron chi connectivity index (χ0n) is 10.7. The molecule has 21 heavy (non-hydrogen) atoms. The van der Waals surface area contributed by atoms with E-state index >= 15 is 0 Å². The first-order valence-corrected chi connectivity index (χ1v) is 7.66. The molecule has 0 unspecified atom stereocenters. The highest BCUT2D eigenvalue weighted by atomic mass is 79.9. The maximum Gasteiger partial charge on any atom is 0.123 e. The fraction of sp³-hybridized carbons (Fsp3) is 0.133. The predicted octanol–water partition coefficient (Wildman–Crippen LogP) is 5.92. The number of hydrogen-bond donors (Lipinski definition) is 0. The van der Waals surface area contributed by atoms with Crippen LogP contribution in [0.2, 0.25) is 10.0 Å². The molecule has 6 heteroatoms. The Bertz CT molecular complexity index is 657. The quantitative estimate of drug-likeness (QED) is 0.582. The van der Waals surface area contributed by atoms with Crippen molar-refractivity contribution in [3.8, 4) is 6.07 Å². The molecule has 0 atom stereocenters. The second kappa shape index (κ2) is 8.99. The van der Waals surface area contributed by atoms with Gasteiger partial charge in [0.05, 0.1) is 12.5 Å². The van der Waals surface area contributed by atoms with Gasteiger partial charge < -0.3 is 0 Å². The van der Waals surface area contributed by atoms with Crippen LogP contribution in [-0.2, 0) is 11.8 Å². The Morgan fingerprint density at radius 1 is 0.952 bits per heavy atom. The van der Waals surface area contributed by atoms with Gasteiger partial charge in [-0.1, -0.05) is 39.1 Å². The topological polar surface area (TPSA) is 23.8 Å². The largest absolute Gasteiger partial charge is 0.207 e. The van der Waals surface area contributed by atoms with Crippen LogP contribution in [-0.4, -0.2) is 0 Å². The maximum absolute atomic E-state index is 12.5. The maximum atomic E-state index is 12.5. The molecule has 0 bridgehead atoms. The van der Waals surface area contributed by atoms with Crippen LogP contribution in [0.4, 0.5) is 8.78 Å². The first-order chi connectivity index (χ1) is 9.97. The average Bonchev–Trinajstić information content (AvgIpc) is 2.46. The van der Waals surface area contributed by atoms with Crippen molar-refractivity contribution in [3.63, 3.8) is 0 Å². The molecule has 2 aromatic carbocycles. The first-order valence-electron chi connectivity index (χ1n) is 5.78. The van der Waals surface area contributed by atoms with Gasteiger partial charge >= 0.3 is 0 Å². The van der Waals surface area contributed by atoms with Crippen LogP contribution in [0.15, 0.2) is 36.4 Å². The molecule has 0 saturated heterocycles. The minimum absolute atomic E-state index is 0.149. The summed E-state index contributed by atoms with van der Waals surface area (Å²) < 4.78 is 25.0. The van der Waals surface area contributed by atoms with Gasteiger partial charge in [0, 0.05) is 15.4 Å². The summed E-state index contributed by atoms with van der Waals surface area (Å²) in [5.74, 6) is -0.612. The van der Waals surface area contributed by atoms with Crippen molar-refractivity contribution in [1.82, 2.24) is 0 Å². The van der Waals surface area contributed by atoms with E-state index in [-0.39, 0.29) is 18.1 Å². The first kappa shape index (κ1) is 17.9. The van der Waals surface area contributed by atoms with Gasteiger partial charge in [0.1, 0.15) is 11.6 Å². The molecule has 0 N–H and O–H groups in total. The smallest absolute Gasteiger partial charge is 0.123 e. The summed E-state index contributed by atoms with van der Waals surface area (Å²) in [5.41, 5.74) is 1.32. The third-order valence-electron chi connectivity index (χ3n) is 2.43. The molecule has 0 aliphatic rings. The lowest BCUT2D eigenvalue weighted by Gasteiger charge is -1.97. The molecule has 0 radical (unpaired) electrons. The van der Waals surface area contributed by atoms with Gasteiger partial charge in [-0.3, -0.25) is 0 Å². The number of alkyl halides is 1. The Kier molecular flexibility index (Phi) is 7.66. The van der Waals surface area contributed by atoms with Crippen molar-refractivity contribution in [2.45, 2.75) is 11.8 Å². The van der Waals surface area contributed by atoms with E-state index in [2.05, 4.69) is 15.9 Å². The van der Waals surface area contributed by atoms with E-state index in [0.717, 1.165) is 5.56 Å². The standard InChI is InChI=1S/C8H5ClFN.C7H5BrClF/c9-8-2-1-7(10)5-6(8)3-4-11;8-4-5-3-6(10)1-2-7(5)9/h1-2,5H,3H2;1-3H,4H2. The molecular formula is C15H10BrCl2F2N. The van der Waals surface area contributed by atoms with Gasteiger partial charge in [-0.05, 0) is 47.5 Å². The fourth-order valence-electron chi connectivity index (χ4n) is 1.41. The lowest BCUT2D eigenvalue weighted by molar-refractivity contribution is 0.626. The van der Waals surface area contributed by atoms with Crippen molar-refractivity contribution in [3.05, 3.63) is 69.2 Å². The van der Waals surface area contributed by atoms with E-state index in [4.69, 9.17) is 28.5 Å². The summed E-state index contributed by atoms with van der Waals surface area (Å²) in [6.07, 6.45) is 0.149. The summed E-state index contributed by atoms with van der Waals surface area (Å²) in [4.78, 5) is 0. The monoisotopic (exact) mass is 391 g/mol. The lowest BCUT2D eigenvalue weighted by Crippen LogP contribution is -1.84. The van der Waals surface area contributed by atoms with Crippen molar-refractivity contribution < 1.29 is 8.78 Å². The number of hydrogen-bond acceptors (Lipinski definition) is 1. The van der Waals surface area contributed by atoms with Gasteiger partial charge in [0.15, 0.2) is 0 Å². The van der Waals surface area contributed by atoms with Crippen molar-refractivity contribution in [2.75, 3.05) is 0 Å². The number of nitriles is 1. The van der Waals surface area contributed by atoms with Crippen LogP contribution >= 0.6 is 39.1 Å². The molecule has 0 amide bonds. The zero-order valence-corrected chi connectivity index (χ0v) is 13.8. The van der Waals surface area contributed by atoms with Crippen LogP contribution in [0.3, 0.4) is 0 Å². The van der Waals surface area contributed by atoms with Gasteiger partial charge in [-0.25, -0.2) is 8.78 Å².